The van der Waals surface area contributed by atoms with E-state index in [1.165, 1.54) is 0 Å². The lowest BCUT2D eigenvalue weighted by atomic mass is 9.72. The molecule has 3 rings (SSSR count). The van der Waals surface area contributed by atoms with Crippen LogP contribution in [-0.4, -0.2) is 40.7 Å². The van der Waals surface area contributed by atoms with Crippen LogP contribution in [0, 0.1) is 16.6 Å². The first-order chi connectivity index (χ1) is 10.1. The zero-order chi connectivity index (χ0) is 15.1. The zero-order valence-electron chi connectivity index (χ0n) is 12.9. The molecule has 21 heavy (non-hydrogen) atoms. The highest BCUT2D eigenvalue weighted by molar-refractivity contribution is 7.71. The SMILES string of the molecule is CCn1c(O)c2n(c1=S)CC1CC(OC)C(OC)CC1C2. The molecule has 2 aliphatic rings. The van der Waals surface area contributed by atoms with Crippen molar-refractivity contribution in [2.75, 3.05) is 14.2 Å². The summed E-state index contributed by atoms with van der Waals surface area (Å²) in [6.45, 7) is 3.60. The van der Waals surface area contributed by atoms with Crippen LogP contribution >= 0.6 is 12.2 Å². The van der Waals surface area contributed by atoms with Crippen molar-refractivity contribution in [3.8, 4) is 5.88 Å². The Bertz CT molecular complexity index is 580. The van der Waals surface area contributed by atoms with Crippen LogP contribution in [0.15, 0.2) is 0 Å². The highest BCUT2D eigenvalue weighted by Gasteiger charge is 2.41. The maximum atomic E-state index is 10.4. The summed E-state index contributed by atoms with van der Waals surface area (Å²) in [6.07, 6.45) is 3.18. The Balaban J connectivity index is 1.92. The van der Waals surface area contributed by atoms with Crippen molar-refractivity contribution < 1.29 is 14.6 Å². The fraction of sp³-hybridized carbons (Fsp3) is 0.800. The van der Waals surface area contributed by atoms with Crippen molar-refractivity contribution in [2.24, 2.45) is 11.8 Å². The molecule has 118 valence electrons. The number of hydrogen-bond donors (Lipinski definition) is 1. The Morgan fingerprint density at radius 1 is 1.19 bits per heavy atom. The molecule has 1 N–H and O–H groups in total. The van der Waals surface area contributed by atoms with Gasteiger partial charge in [-0.3, -0.25) is 4.57 Å². The number of nitrogens with zero attached hydrogens (tertiary/aromatic N) is 2. The van der Waals surface area contributed by atoms with Crippen LogP contribution in [-0.2, 0) is 29.0 Å². The predicted octanol–water partition coefficient (Wildman–Crippen LogP) is 2.36. The maximum Gasteiger partial charge on any atom is 0.213 e. The Morgan fingerprint density at radius 3 is 2.38 bits per heavy atom. The molecule has 0 saturated heterocycles. The van der Waals surface area contributed by atoms with Crippen LogP contribution in [0.25, 0.3) is 0 Å². The van der Waals surface area contributed by atoms with Crippen molar-refractivity contribution in [1.82, 2.24) is 9.13 Å². The van der Waals surface area contributed by atoms with Gasteiger partial charge in [0.25, 0.3) is 0 Å². The molecule has 1 aromatic rings. The summed E-state index contributed by atoms with van der Waals surface area (Å²) in [5.41, 5.74) is 0.994. The fourth-order valence-corrected chi connectivity index (χ4v) is 4.44. The minimum atomic E-state index is 0.154. The van der Waals surface area contributed by atoms with Gasteiger partial charge in [0.15, 0.2) is 4.77 Å². The summed E-state index contributed by atoms with van der Waals surface area (Å²) in [7, 11) is 3.52. The zero-order valence-corrected chi connectivity index (χ0v) is 13.7. The predicted molar refractivity (Wildman–Crippen MR) is 82.1 cm³/mol. The lowest BCUT2D eigenvalue weighted by molar-refractivity contribution is -0.0921. The van der Waals surface area contributed by atoms with Crippen LogP contribution in [0.5, 0.6) is 5.88 Å². The number of rotatable bonds is 3. The van der Waals surface area contributed by atoms with Gasteiger partial charge in [-0.2, -0.15) is 0 Å². The van der Waals surface area contributed by atoms with Crippen LogP contribution in [0.4, 0.5) is 0 Å². The summed E-state index contributed by atoms with van der Waals surface area (Å²) >= 11 is 5.51. The fourth-order valence-electron chi connectivity index (χ4n) is 4.04. The number of ether oxygens (including phenoxy) is 2. The average Bonchev–Trinajstić information content (AvgIpc) is 2.74. The van der Waals surface area contributed by atoms with Crippen molar-refractivity contribution in [2.45, 2.75) is 51.5 Å². The molecule has 5 nitrogen and oxygen atoms in total. The van der Waals surface area contributed by atoms with Crippen LogP contribution in [0.1, 0.15) is 25.5 Å². The highest BCUT2D eigenvalue weighted by Crippen LogP contribution is 2.41. The molecule has 1 aromatic heterocycles. The number of aromatic nitrogens is 2. The van der Waals surface area contributed by atoms with Gasteiger partial charge in [0.1, 0.15) is 0 Å². The molecule has 1 aliphatic heterocycles. The van der Waals surface area contributed by atoms with E-state index < -0.39 is 0 Å². The maximum absolute atomic E-state index is 10.4. The van der Waals surface area contributed by atoms with Crippen LogP contribution in [0.2, 0.25) is 0 Å². The number of fused-ring (bicyclic) bond motifs is 2. The lowest BCUT2D eigenvalue weighted by Gasteiger charge is -2.42. The van der Waals surface area contributed by atoms with Crippen molar-refractivity contribution >= 4 is 12.2 Å². The minimum absolute atomic E-state index is 0.154. The largest absolute Gasteiger partial charge is 0.493 e. The second-order valence-corrected chi connectivity index (χ2v) is 6.52. The number of hydrogen-bond acceptors (Lipinski definition) is 4. The van der Waals surface area contributed by atoms with Crippen molar-refractivity contribution in [3.63, 3.8) is 0 Å². The summed E-state index contributed by atoms with van der Waals surface area (Å²) in [4.78, 5) is 0. The minimum Gasteiger partial charge on any atom is -0.493 e. The molecule has 0 spiro atoms. The van der Waals surface area contributed by atoms with Crippen molar-refractivity contribution in [3.05, 3.63) is 10.5 Å². The molecule has 6 heteroatoms. The van der Waals surface area contributed by atoms with Gasteiger partial charge in [-0.15, -0.1) is 0 Å². The van der Waals surface area contributed by atoms with E-state index in [1.54, 1.807) is 14.2 Å². The first kappa shape index (κ1) is 15.1. The van der Waals surface area contributed by atoms with E-state index in [0.29, 0.717) is 24.3 Å². The quantitative estimate of drug-likeness (QED) is 0.871. The second-order valence-electron chi connectivity index (χ2n) is 6.15. The molecule has 0 amide bonds. The topological polar surface area (TPSA) is 48.5 Å². The van der Waals surface area contributed by atoms with Gasteiger partial charge >= 0.3 is 0 Å². The van der Waals surface area contributed by atoms with E-state index in [2.05, 4.69) is 4.57 Å². The molecule has 0 bridgehead atoms. The average molecular weight is 312 g/mol. The molecule has 4 unspecified atom stereocenters. The van der Waals surface area contributed by atoms with E-state index in [9.17, 15) is 5.11 Å². The molecular weight excluding hydrogens is 288 g/mol. The summed E-state index contributed by atoms with van der Waals surface area (Å²) in [6, 6.07) is 0. The monoisotopic (exact) mass is 312 g/mol. The molecule has 1 aliphatic carbocycles. The summed E-state index contributed by atoms with van der Waals surface area (Å²) < 4.78 is 15.9. The van der Waals surface area contributed by atoms with Gasteiger partial charge in [-0.1, -0.05) is 0 Å². The summed E-state index contributed by atoms with van der Waals surface area (Å²) in [5, 5.41) is 10.4. The standard InChI is InChI=1S/C15H24N2O3S/c1-4-16-14(18)11-5-9-6-12(19-2)13(20-3)7-10(9)8-17(11)15(16)21/h9-10,12-13,18H,4-8H2,1-3H3. The van der Waals surface area contributed by atoms with E-state index >= 15 is 0 Å². The van der Waals surface area contributed by atoms with E-state index in [1.807, 2.05) is 11.5 Å². The third-order valence-electron chi connectivity index (χ3n) is 5.25. The number of imidazole rings is 1. The Labute approximate surface area is 130 Å². The highest BCUT2D eigenvalue weighted by atomic mass is 32.1. The molecule has 4 atom stereocenters. The molecule has 0 aromatic carbocycles. The van der Waals surface area contributed by atoms with Crippen LogP contribution < -0.4 is 0 Å². The van der Waals surface area contributed by atoms with E-state index in [4.69, 9.17) is 21.7 Å². The van der Waals surface area contributed by atoms with Crippen LogP contribution in [0.3, 0.4) is 0 Å². The smallest absolute Gasteiger partial charge is 0.213 e. The van der Waals surface area contributed by atoms with E-state index in [0.717, 1.165) is 36.3 Å². The Kier molecular flexibility index (Phi) is 4.12. The van der Waals surface area contributed by atoms with Gasteiger partial charge in [0, 0.05) is 27.3 Å². The Hall–Kier alpha value is -0.850. The normalized spacial score (nSPS) is 31.8. The molecule has 1 fully saturated rings. The molecule has 0 radical (unpaired) electrons. The number of methoxy groups -OCH3 is 2. The van der Waals surface area contributed by atoms with Gasteiger partial charge in [-0.05, 0) is 50.2 Å². The van der Waals surface area contributed by atoms with Gasteiger partial charge < -0.3 is 19.1 Å². The van der Waals surface area contributed by atoms with Gasteiger partial charge in [-0.25, -0.2) is 0 Å². The summed E-state index contributed by atoms with van der Waals surface area (Å²) in [5.74, 6) is 1.44. The molecular formula is C15H24N2O3S. The Morgan fingerprint density at radius 2 is 1.81 bits per heavy atom. The molecule has 2 heterocycles. The third-order valence-corrected chi connectivity index (χ3v) is 5.69. The van der Waals surface area contributed by atoms with Crippen molar-refractivity contribution in [1.29, 1.82) is 0 Å². The number of aromatic hydroxyl groups is 1. The first-order valence-corrected chi connectivity index (χ1v) is 8.08. The van der Waals surface area contributed by atoms with Gasteiger partial charge in [0.2, 0.25) is 5.88 Å². The third kappa shape index (κ3) is 2.33. The lowest BCUT2D eigenvalue weighted by Crippen LogP contribution is -2.45. The van der Waals surface area contributed by atoms with Gasteiger partial charge in [0.05, 0.1) is 17.9 Å². The first-order valence-electron chi connectivity index (χ1n) is 7.67. The second kappa shape index (κ2) is 5.74. The molecule has 1 saturated carbocycles. The van der Waals surface area contributed by atoms with E-state index in [-0.39, 0.29) is 12.2 Å².